The van der Waals surface area contributed by atoms with Gasteiger partial charge in [0.2, 0.25) is 0 Å². The second-order valence-corrected chi connectivity index (χ2v) is 6.51. The molecule has 4 nitrogen and oxygen atoms in total. The molecule has 0 atom stereocenters. The molecule has 0 spiro atoms. The van der Waals surface area contributed by atoms with Crippen molar-refractivity contribution in [3.05, 3.63) is 18.2 Å². The van der Waals surface area contributed by atoms with E-state index in [1.54, 1.807) is 6.07 Å². The minimum atomic E-state index is -3.20. The van der Waals surface area contributed by atoms with Crippen LogP contribution in [0.2, 0.25) is 0 Å². The molecule has 17 heavy (non-hydrogen) atoms. The molecule has 1 aliphatic rings. The van der Waals surface area contributed by atoms with E-state index in [4.69, 9.17) is 10.5 Å². The van der Waals surface area contributed by atoms with Gasteiger partial charge in [-0.25, -0.2) is 8.42 Å². The van der Waals surface area contributed by atoms with Crippen molar-refractivity contribution in [2.45, 2.75) is 36.7 Å². The van der Waals surface area contributed by atoms with Crippen LogP contribution in [0.15, 0.2) is 23.1 Å². The smallest absolute Gasteiger partial charge is 0.175 e. The Balaban J connectivity index is 2.19. The topological polar surface area (TPSA) is 69.4 Å². The fourth-order valence-electron chi connectivity index (χ4n) is 2.05. The molecule has 2 rings (SSSR count). The first kappa shape index (κ1) is 12.2. The molecule has 0 heterocycles. The van der Waals surface area contributed by atoms with Crippen LogP contribution in [0, 0.1) is 0 Å². The van der Waals surface area contributed by atoms with Crippen molar-refractivity contribution in [1.29, 1.82) is 0 Å². The Morgan fingerprint density at radius 3 is 2.47 bits per heavy atom. The van der Waals surface area contributed by atoms with Gasteiger partial charge in [0, 0.05) is 6.26 Å². The largest absolute Gasteiger partial charge is 0.488 e. The molecule has 0 unspecified atom stereocenters. The van der Waals surface area contributed by atoms with E-state index in [2.05, 4.69) is 0 Å². The molecule has 0 aliphatic heterocycles. The SMILES string of the molecule is CS(=O)(=O)c1ccc(OC2CCCC2)c(N)c1. The Bertz CT molecular complexity index is 504. The lowest BCUT2D eigenvalue weighted by Gasteiger charge is -2.15. The molecule has 5 heteroatoms. The number of sulfone groups is 1. The van der Waals surface area contributed by atoms with Gasteiger partial charge < -0.3 is 10.5 Å². The van der Waals surface area contributed by atoms with Crippen molar-refractivity contribution in [3.8, 4) is 5.75 Å². The Hall–Kier alpha value is -1.23. The van der Waals surface area contributed by atoms with Crippen molar-refractivity contribution in [1.82, 2.24) is 0 Å². The summed E-state index contributed by atoms with van der Waals surface area (Å²) in [7, 11) is -3.20. The van der Waals surface area contributed by atoms with E-state index >= 15 is 0 Å². The van der Waals surface area contributed by atoms with Gasteiger partial charge in [-0.15, -0.1) is 0 Å². The zero-order chi connectivity index (χ0) is 12.5. The number of anilines is 1. The summed E-state index contributed by atoms with van der Waals surface area (Å²) < 4.78 is 28.4. The summed E-state index contributed by atoms with van der Waals surface area (Å²) in [5.41, 5.74) is 6.20. The van der Waals surface area contributed by atoms with Gasteiger partial charge in [-0.05, 0) is 43.9 Å². The number of ether oxygens (including phenoxy) is 1. The van der Waals surface area contributed by atoms with Gasteiger partial charge in [0.1, 0.15) is 5.75 Å². The Kier molecular flexibility index (Phi) is 3.28. The molecule has 1 aliphatic carbocycles. The first-order valence-electron chi connectivity index (χ1n) is 5.73. The third kappa shape index (κ3) is 2.91. The van der Waals surface area contributed by atoms with E-state index in [9.17, 15) is 8.42 Å². The predicted octanol–water partition coefficient (Wildman–Crippen LogP) is 1.99. The lowest BCUT2D eigenvalue weighted by Crippen LogP contribution is -2.12. The fraction of sp³-hybridized carbons (Fsp3) is 0.500. The Morgan fingerprint density at radius 2 is 1.94 bits per heavy atom. The summed E-state index contributed by atoms with van der Waals surface area (Å²) >= 11 is 0. The van der Waals surface area contributed by atoms with Crippen LogP contribution in [-0.4, -0.2) is 20.8 Å². The third-order valence-electron chi connectivity index (χ3n) is 3.01. The predicted molar refractivity (Wildman–Crippen MR) is 66.8 cm³/mol. The minimum absolute atomic E-state index is 0.224. The summed E-state index contributed by atoms with van der Waals surface area (Å²) in [6, 6.07) is 4.64. The van der Waals surface area contributed by atoms with Crippen LogP contribution >= 0.6 is 0 Å². The second kappa shape index (κ2) is 4.56. The van der Waals surface area contributed by atoms with Crippen LogP contribution in [0.3, 0.4) is 0 Å². The van der Waals surface area contributed by atoms with Crippen LogP contribution in [0.1, 0.15) is 25.7 Å². The molecular weight excluding hydrogens is 238 g/mol. The lowest BCUT2D eigenvalue weighted by atomic mass is 10.2. The number of rotatable bonds is 3. The van der Waals surface area contributed by atoms with Gasteiger partial charge in [-0.2, -0.15) is 0 Å². The molecule has 0 radical (unpaired) electrons. The van der Waals surface area contributed by atoms with Crippen LogP contribution in [0.5, 0.6) is 5.75 Å². The van der Waals surface area contributed by atoms with E-state index in [0.29, 0.717) is 11.4 Å². The number of benzene rings is 1. The molecule has 2 N–H and O–H groups in total. The van der Waals surface area contributed by atoms with Gasteiger partial charge in [0.25, 0.3) is 0 Å². The lowest BCUT2D eigenvalue weighted by molar-refractivity contribution is 0.211. The zero-order valence-electron chi connectivity index (χ0n) is 9.85. The van der Waals surface area contributed by atoms with E-state index in [1.165, 1.54) is 31.2 Å². The molecule has 0 saturated heterocycles. The minimum Gasteiger partial charge on any atom is -0.488 e. The molecule has 0 bridgehead atoms. The second-order valence-electron chi connectivity index (χ2n) is 4.50. The average Bonchev–Trinajstić information content (AvgIpc) is 2.72. The maximum absolute atomic E-state index is 11.3. The maximum atomic E-state index is 11.3. The molecule has 1 aromatic carbocycles. The van der Waals surface area contributed by atoms with Crippen molar-refractivity contribution < 1.29 is 13.2 Å². The van der Waals surface area contributed by atoms with Gasteiger partial charge in [-0.3, -0.25) is 0 Å². The van der Waals surface area contributed by atoms with Gasteiger partial charge in [0.05, 0.1) is 16.7 Å². The quantitative estimate of drug-likeness (QED) is 0.839. The Labute approximate surface area is 102 Å². The molecule has 1 saturated carbocycles. The van der Waals surface area contributed by atoms with Crippen molar-refractivity contribution in [3.63, 3.8) is 0 Å². The normalized spacial score (nSPS) is 17.2. The molecule has 0 amide bonds. The van der Waals surface area contributed by atoms with Crippen LogP contribution in [0.4, 0.5) is 5.69 Å². The first-order valence-corrected chi connectivity index (χ1v) is 7.62. The fourth-order valence-corrected chi connectivity index (χ4v) is 2.71. The molecule has 1 aromatic rings. The molecule has 94 valence electrons. The van der Waals surface area contributed by atoms with E-state index in [1.807, 2.05) is 0 Å². The van der Waals surface area contributed by atoms with Gasteiger partial charge in [-0.1, -0.05) is 0 Å². The average molecular weight is 255 g/mol. The third-order valence-corrected chi connectivity index (χ3v) is 4.12. The summed E-state index contributed by atoms with van der Waals surface area (Å²) in [4.78, 5) is 0.230. The van der Waals surface area contributed by atoms with Crippen LogP contribution in [0.25, 0.3) is 0 Å². The van der Waals surface area contributed by atoms with Crippen molar-refractivity contribution >= 4 is 15.5 Å². The highest BCUT2D eigenvalue weighted by Crippen LogP contribution is 2.29. The van der Waals surface area contributed by atoms with Crippen LogP contribution in [-0.2, 0) is 9.84 Å². The summed E-state index contributed by atoms with van der Waals surface area (Å²) in [6.07, 6.45) is 5.86. The molecular formula is C12H17NO3S. The monoisotopic (exact) mass is 255 g/mol. The summed E-state index contributed by atoms with van der Waals surface area (Å²) in [6.45, 7) is 0. The first-order chi connectivity index (χ1) is 7.97. The highest BCUT2D eigenvalue weighted by Gasteiger charge is 2.18. The maximum Gasteiger partial charge on any atom is 0.175 e. The molecule has 0 aromatic heterocycles. The standard InChI is InChI=1S/C12H17NO3S/c1-17(14,15)10-6-7-12(11(13)8-10)16-9-4-2-3-5-9/h6-9H,2-5,13H2,1H3. The van der Waals surface area contributed by atoms with Gasteiger partial charge in [0.15, 0.2) is 9.84 Å². The zero-order valence-corrected chi connectivity index (χ0v) is 10.7. The Morgan fingerprint density at radius 1 is 1.29 bits per heavy atom. The highest BCUT2D eigenvalue weighted by molar-refractivity contribution is 7.90. The summed E-state index contributed by atoms with van der Waals surface area (Å²) in [5, 5.41) is 0. The van der Waals surface area contributed by atoms with E-state index in [0.717, 1.165) is 12.8 Å². The van der Waals surface area contributed by atoms with Crippen LogP contribution < -0.4 is 10.5 Å². The van der Waals surface area contributed by atoms with Crippen molar-refractivity contribution in [2.24, 2.45) is 0 Å². The number of nitrogen functional groups attached to an aromatic ring is 1. The highest BCUT2D eigenvalue weighted by atomic mass is 32.2. The molecule has 1 fully saturated rings. The van der Waals surface area contributed by atoms with E-state index < -0.39 is 9.84 Å². The number of nitrogens with two attached hydrogens (primary N) is 1. The number of hydrogen-bond acceptors (Lipinski definition) is 4. The summed E-state index contributed by atoms with van der Waals surface area (Å²) in [5.74, 6) is 0.587. The number of hydrogen-bond donors (Lipinski definition) is 1. The van der Waals surface area contributed by atoms with Crippen molar-refractivity contribution in [2.75, 3.05) is 12.0 Å². The van der Waals surface area contributed by atoms with E-state index in [-0.39, 0.29) is 11.0 Å². The van der Waals surface area contributed by atoms with Gasteiger partial charge >= 0.3 is 0 Å².